The van der Waals surface area contributed by atoms with Crippen molar-refractivity contribution in [2.24, 2.45) is 0 Å². The van der Waals surface area contributed by atoms with Crippen molar-refractivity contribution in [3.63, 3.8) is 0 Å². The molecule has 0 spiro atoms. The number of rotatable bonds is 1. The van der Waals surface area contributed by atoms with Gasteiger partial charge in [0, 0.05) is 19.5 Å². The molecule has 46 valence electrons. The molecule has 0 saturated carbocycles. The molecule has 0 aromatic rings. The van der Waals surface area contributed by atoms with Gasteiger partial charge in [0.2, 0.25) is 0 Å². The molecule has 0 saturated heterocycles. The van der Waals surface area contributed by atoms with E-state index in [0.717, 1.165) is 6.42 Å². The Labute approximate surface area is 64.7 Å². The summed E-state index contributed by atoms with van der Waals surface area (Å²) in [6.45, 7) is 5.72. The van der Waals surface area contributed by atoms with Gasteiger partial charge >= 0.3 is 8.69 Å². The van der Waals surface area contributed by atoms with Gasteiger partial charge in [0.25, 0.3) is 0 Å². The minimum Gasteiger partial charge on any atom is -0.343 e. The third-order valence-electron chi connectivity index (χ3n) is 0.354. The van der Waals surface area contributed by atoms with E-state index >= 15 is 0 Å². The van der Waals surface area contributed by atoms with Crippen molar-refractivity contribution in [2.45, 2.75) is 19.8 Å². The van der Waals surface area contributed by atoms with Crippen LogP contribution in [0.25, 0.3) is 0 Å². The maximum absolute atomic E-state index is 8.46. The van der Waals surface area contributed by atoms with Crippen molar-refractivity contribution in [2.75, 3.05) is 0 Å². The van der Waals surface area contributed by atoms with E-state index in [2.05, 4.69) is 13.8 Å². The van der Waals surface area contributed by atoms with Gasteiger partial charge in [-0.25, -0.2) is 4.57 Å². The molecule has 0 heterocycles. The molecule has 0 aliphatic carbocycles. The molecule has 0 radical (unpaired) electrons. The molecule has 1 N–H and O–H groups in total. The van der Waals surface area contributed by atoms with Gasteiger partial charge in [-0.2, -0.15) is 6.42 Å². The van der Waals surface area contributed by atoms with E-state index in [1.807, 2.05) is 0 Å². The van der Waals surface area contributed by atoms with E-state index in [-0.39, 0.29) is 19.5 Å². The fourth-order valence-electron chi connectivity index (χ4n) is 0. The van der Waals surface area contributed by atoms with Crippen molar-refractivity contribution in [3.05, 3.63) is 6.92 Å². The van der Waals surface area contributed by atoms with Crippen LogP contribution in [-0.2, 0) is 24.0 Å². The summed E-state index contributed by atoms with van der Waals surface area (Å²) in [7, 11) is -0.833. The Bertz CT molecular complexity index is 33.2. The predicted octanol–water partition coefficient (Wildman–Crippen LogP) is 1.80. The first-order valence-corrected chi connectivity index (χ1v) is 2.85. The van der Waals surface area contributed by atoms with Gasteiger partial charge < -0.3 is 11.8 Å². The molecule has 8 heavy (non-hydrogen) atoms. The van der Waals surface area contributed by atoms with Crippen LogP contribution in [0.1, 0.15) is 19.8 Å². The van der Waals surface area contributed by atoms with Crippen LogP contribution < -0.4 is 0 Å². The fraction of sp³-hybridized carbons (Fsp3) is 0.750. The van der Waals surface area contributed by atoms with Gasteiger partial charge in [-0.1, -0.05) is 13.3 Å². The summed E-state index contributed by atoms with van der Waals surface area (Å²) in [6.07, 6.45) is 2.28. The zero-order valence-electron chi connectivity index (χ0n) is 5.13. The van der Waals surface area contributed by atoms with Gasteiger partial charge in [0.1, 0.15) is 0 Å². The first-order chi connectivity index (χ1) is 3.33. The maximum Gasteiger partial charge on any atom is 0.324 e. The quantitative estimate of drug-likeness (QED) is 0.385. The molecule has 0 aliphatic rings. The van der Waals surface area contributed by atoms with Crippen molar-refractivity contribution in [1.82, 2.24) is 0 Å². The number of unbranched alkanes of at least 4 members (excludes halogenated alkanes) is 1. The number of hydrogen-bond donors (Lipinski definition) is 1. The van der Waals surface area contributed by atoms with E-state index in [9.17, 15) is 0 Å². The largest absolute Gasteiger partial charge is 0.343 e. The molecule has 2 nitrogen and oxygen atoms in total. The zero-order chi connectivity index (χ0) is 6.12. The average Bonchev–Trinajstić information content (AvgIpc) is 1.69. The predicted molar refractivity (Wildman–Crippen MR) is 30.1 cm³/mol. The van der Waals surface area contributed by atoms with Gasteiger partial charge in [-0.05, 0) is 0 Å². The third kappa shape index (κ3) is 76.2. The summed E-state index contributed by atoms with van der Waals surface area (Å²) in [4.78, 5) is 6.99. The van der Waals surface area contributed by atoms with Crippen molar-refractivity contribution < 1.29 is 28.9 Å². The fourth-order valence-corrected chi connectivity index (χ4v) is 0. The topological polar surface area (TPSA) is 37.3 Å². The van der Waals surface area contributed by atoms with Gasteiger partial charge in [-0.15, -0.1) is 0 Å². The van der Waals surface area contributed by atoms with Crippen LogP contribution in [0, 0.1) is 6.92 Å². The summed E-state index contributed by atoms with van der Waals surface area (Å²) in [5.41, 5.74) is 0. The van der Waals surface area contributed by atoms with Crippen LogP contribution in [0.2, 0.25) is 0 Å². The third-order valence-corrected chi connectivity index (χ3v) is 0.354. The average molecular weight is 186 g/mol. The Morgan fingerprint density at radius 2 is 1.88 bits per heavy atom. The minimum atomic E-state index is -0.833. The first kappa shape index (κ1) is 15.9. The molecular formula is C4H10O2PZn-. The zero-order valence-corrected chi connectivity index (χ0v) is 8.99. The van der Waals surface area contributed by atoms with Crippen LogP contribution in [0.5, 0.6) is 0 Å². The molecule has 0 amide bonds. The molecule has 0 atom stereocenters. The van der Waals surface area contributed by atoms with E-state index in [4.69, 9.17) is 9.46 Å². The Hall–Kier alpha value is 0.683. The molecule has 0 unspecified atom stereocenters. The van der Waals surface area contributed by atoms with Crippen molar-refractivity contribution in [3.8, 4) is 0 Å². The maximum atomic E-state index is 8.46. The Morgan fingerprint density at radius 1 is 1.75 bits per heavy atom. The van der Waals surface area contributed by atoms with Crippen LogP contribution in [0.3, 0.4) is 0 Å². The van der Waals surface area contributed by atoms with Crippen LogP contribution >= 0.6 is 8.69 Å². The summed E-state index contributed by atoms with van der Waals surface area (Å²) in [6, 6.07) is 0. The second kappa shape index (κ2) is 25.3. The molecule has 0 fully saturated rings. The van der Waals surface area contributed by atoms with E-state index < -0.39 is 8.69 Å². The second-order valence-corrected chi connectivity index (χ2v) is 1.10. The second-order valence-electron chi connectivity index (χ2n) is 0.935. The Balaban J connectivity index is -0.0000000575. The summed E-state index contributed by atoms with van der Waals surface area (Å²) in [5.74, 6) is 0. The molecule has 0 aromatic carbocycles. The summed E-state index contributed by atoms with van der Waals surface area (Å²) >= 11 is 0. The van der Waals surface area contributed by atoms with Gasteiger partial charge in [0.15, 0.2) is 0 Å². The van der Waals surface area contributed by atoms with Crippen molar-refractivity contribution >= 4 is 8.69 Å². The molecule has 0 rings (SSSR count). The van der Waals surface area contributed by atoms with E-state index in [1.54, 1.807) is 0 Å². The van der Waals surface area contributed by atoms with Crippen LogP contribution in [0.15, 0.2) is 0 Å². The van der Waals surface area contributed by atoms with Gasteiger partial charge in [-0.3, -0.25) is 0 Å². The summed E-state index contributed by atoms with van der Waals surface area (Å²) < 4.78 is 8.46. The standard InChI is InChI=1S/C4H9.HO2P.Zn/c1-3-4-2;1-3-2;/h1,3-4H2,2H3;(H,1,2);/q-1;;. The molecule has 4 heteroatoms. The van der Waals surface area contributed by atoms with Crippen LogP contribution in [-0.4, -0.2) is 4.89 Å². The Morgan fingerprint density at radius 3 is 1.88 bits per heavy atom. The molecule has 0 aromatic heterocycles. The summed E-state index contributed by atoms with van der Waals surface area (Å²) in [5, 5.41) is 0. The minimum absolute atomic E-state index is 0. The molecule has 0 aliphatic heterocycles. The SMILES string of the molecule is O=PO.[CH2-]CCC.[Zn]. The molecular weight excluding hydrogens is 176 g/mol. The first-order valence-electron chi connectivity index (χ1n) is 2.09. The van der Waals surface area contributed by atoms with E-state index in [0.29, 0.717) is 0 Å². The number of hydrogen-bond acceptors (Lipinski definition) is 1. The monoisotopic (exact) mass is 185 g/mol. The normalized spacial score (nSPS) is 6.38. The molecule has 0 bridgehead atoms. The van der Waals surface area contributed by atoms with Crippen LogP contribution in [0.4, 0.5) is 0 Å². The van der Waals surface area contributed by atoms with E-state index in [1.165, 1.54) is 6.42 Å². The Kier molecular flexibility index (Phi) is 50.2. The smallest absolute Gasteiger partial charge is 0.324 e. The van der Waals surface area contributed by atoms with Gasteiger partial charge in [0.05, 0.1) is 0 Å². The van der Waals surface area contributed by atoms with Crippen molar-refractivity contribution in [1.29, 1.82) is 0 Å².